The molecule has 8 heteroatoms. The number of hydrogen-bond acceptors (Lipinski definition) is 6. The lowest BCUT2D eigenvalue weighted by Gasteiger charge is -2.34. The number of anilines is 1. The lowest BCUT2D eigenvalue weighted by molar-refractivity contribution is -0.133. The molecule has 134 valence electrons. The Morgan fingerprint density at radius 1 is 1.33 bits per heavy atom. The minimum absolute atomic E-state index is 0.0104. The fourth-order valence-electron chi connectivity index (χ4n) is 2.45. The van der Waals surface area contributed by atoms with Crippen molar-refractivity contribution >= 4 is 28.3 Å². The highest BCUT2D eigenvalue weighted by atomic mass is 32.1. The summed E-state index contributed by atoms with van der Waals surface area (Å²) in [5.41, 5.74) is 5.77. The van der Waals surface area contributed by atoms with E-state index < -0.39 is 6.04 Å². The molecule has 0 aromatic carbocycles. The highest BCUT2D eigenvalue weighted by molar-refractivity contribution is 7.15. The van der Waals surface area contributed by atoms with Crippen molar-refractivity contribution in [3.63, 3.8) is 0 Å². The molecule has 2 rings (SSSR count). The third-order valence-corrected chi connectivity index (χ3v) is 5.43. The third-order valence-electron chi connectivity index (χ3n) is 4.23. The van der Waals surface area contributed by atoms with E-state index in [0.29, 0.717) is 13.1 Å². The fraction of sp³-hybridized carbons (Fsp3) is 0.688. The van der Waals surface area contributed by atoms with Crippen molar-refractivity contribution in [2.75, 3.05) is 37.6 Å². The summed E-state index contributed by atoms with van der Waals surface area (Å²) >= 11 is 1.71. The van der Waals surface area contributed by atoms with Crippen LogP contribution in [-0.2, 0) is 16.0 Å². The summed E-state index contributed by atoms with van der Waals surface area (Å²) in [5.74, 6) is -0.283. The number of rotatable bonds is 6. The number of carbonyl (C=O) groups excluding carboxylic acids is 2. The van der Waals surface area contributed by atoms with Crippen LogP contribution in [-0.4, -0.2) is 60.5 Å². The SMILES string of the molecule is CCc1cnc(N2CCN(C(=O)CNC(=O)[C@@H](N)C(C)C)CC2)s1. The summed E-state index contributed by atoms with van der Waals surface area (Å²) in [4.78, 5) is 33.8. The second-order valence-corrected chi connectivity index (χ2v) is 7.41. The predicted molar refractivity (Wildman–Crippen MR) is 96.1 cm³/mol. The van der Waals surface area contributed by atoms with Crippen LogP contribution in [0.4, 0.5) is 5.13 Å². The number of amides is 2. The minimum Gasteiger partial charge on any atom is -0.346 e. The minimum atomic E-state index is -0.577. The van der Waals surface area contributed by atoms with Crippen LogP contribution < -0.4 is 16.0 Å². The van der Waals surface area contributed by atoms with Crippen molar-refractivity contribution in [2.45, 2.75) is 33.2 Å². The topological polar surface area (TPSA) is 91.6 Å². The van der Waals surface area contributed by atoms with Gasteiger partial charge in [-0.05, 0) is 12.3 Å². The molecule has 3 N–H and O–H groups in total. The number of hydrogen-bond donors (Lipinski definition) is 2. The van der Waals surface area contributed by atoms with Crippen molar-refractivity contribution in [1.82, 2.24) is 15.2 Å². The number of aromatic nitrogens is 1. The van der Waals surface area contributed by atoms with Crippen molar-refractivity contribution < 1.29 is 9.59 Å². The van der Waals surface area contributed by atoms with E-state index >= 15 is 0 Å². The second kappa shape index (κ2) is 8.43. The molecule has 7 nitrogen and oxygen atoms in total. The van der Waals surface area contributed by atoms with E-state index in [-0.39, 0.29) is 24.3 Å². The van der Waals surface area contributed by atoms with Crippen LogP contribution in [0, 0.1) is 5.92 Å². The largest absolute Gasteiger partial charge is 0.346 e. The molecule has 1 fully saturated rings. The number of piperazine rings is 1. The maximum absolute atomic E-state index is 12.2. The van der Waals surface area contributed by atoms with E-state index in [4.69, 9.17) is 5.73 Å². The molecule has 1 saturated heterocycles. The van der Waals surface area contributed by atoms with Gasteiger partial charge < -0.3 is 20.9 Å². The Hall–Kier alpha value is -1.67. The van der Waals surface area contributed by atoms with Gasteiger partial charge in [0.05, 0.1) is 12.6 Å². The van der Waals surface area contributed by atoms with Gasteiger partial charge >= 0.3 is 0 Å². The Labute approximate surface area is 147 Å². The van der Waals surface area contributed by atoms with E-state index in [2.05, 4.69) is 22.1 Å². The molecule has 2 amide bonds. The van der Waals surface area contributed by atoms with Gasteiger partial charge in [0.15, 0.2) is 5.13 Å². The summed E-state index contributed by atoms with van der Waals surface area (Å²) in [7, 11) is 0. The first kappa shape index (κ1) is 18.7. The zero-order valence-corrected chi connectivity index (χ0v) is 15.4. The zero-order chi connectivity index (χ0) is 17.7. The maximum Gasteiger partial charge on any atom is 0.242 e. The summed E-state index contributed by atoms with van der Waals surface area (Å²) in [6.45, 7) is 8.72. The van der Waals surface area contributed by atoms with Crippen LogP contribution in [0.1, 0.15) is 25.6 Å². The molecule has 0 radical (unpaired) electrons. The van der Waals surface area contributed by atoms with Crippen molar-refractivity contribution in [3.05, 3.63) is 11.1 Å². The molecule has 1 aromatic rings. The Bertz CT molecular complexity index is 567. The Morgan fingerprint density at radius 3 is 2.54 bits per heavy atom. The van der Waals surface area contributed by atoms with E-state index in [1.54, 1.807) is 16.2 Å². The molecule has 1 atom stereocenters. The number of thiazole rings is 1. The number of nitrogens with two attached hydrogens (primary N) is 1. The lowest BCUT2D eigenvalue weighted by atomic mass is 10.1. The van der Waals surface area contributed by atoms with Crippen LogP contribution in [0.25, 0.3) is 0 Å². The number of aryl methyl sites for hydroxylation is 1. The third kappa shape index (κ3) is 4.67. The van der Waals surface area contributed by atoms with Crippen molar-refractivity contribution in [2.24, 2.45) is 11.7 Å². The van der Waals surface area contributed by atoms with Gasteiger partial charge in [-0.2, -0.15) is 0 Å². The van der Waals surface area contributed by atoms with Crippen LogP contribution >= 0.6 is 11.3 Å². The number of nitrogens with one attached hydrogen (secondary N) is 1. The molecular formula is C16H27N5O2S. The summed E-state index contributed by atoms with van der Waals surface area (Å²) in [5, 5.41) is 3.66. The summed E-state index contributed by atoms with van der Waals surface area (Å²) in [6, 6.07) is -0.577. The van der Waals surface area contributed by atoms with Crippen LogP contribution in [0.3, 0.4) is 0 Å². The molecule has 0 bridgehead atoms. The van der Waals surface area contributed by atoms with Gasteiger partial charge in [0.2, 0.25) is 11.8 Å². The lowest BCUT2D eigenvalue weighted by Crippen LogP contribution is -2.52. The first-order valence-electron chi connectivity index (χ1n) is 8.43. The summed E-state index contributed by atoms with van der Waals surface area (Å²) in [6.07, 6.45) is 2.92. The van der Waals surface area contributed by atoms with Gasteiger partial charge in [0.1, 0.15) is 0 Å². The first-order valence-corrected chi connectivity index (χ1v) is 9.24. The van der Waals surface area contributed by atoms with Gasteiger partial charge in [-0.25, -0.2) is 4.98 Å². The van der Waals surface area contributed by atoms with Crippen LogP contribution in [0.2, 0.25) is 0 Å². The Morgan fingerprint density at radius 2 is 2.00 bits per heavy atom. The molecule has 24 heavy (non-hydrogen) atoms. The predicted octanol–water partition coefficient (Wildman–Crippen LogP) is 0.454. The highest BCUT2D eigenvalue weighted by Crippen LogP contribution is 2.23. The van der Waals surface area contributed by atoms with Gasteiger partial charge in [-0.15, -0.1) is 11.3 Å². The number of nitrogens with zero attached hydrogens (tertiary/aromatic N) is 3. The molecule has 1 aliphatic heterocycles. The molecule has 0 saturated carbocycles. The van der Waals surface area contributed by atoms with Crippen molar-refractivity contribution in [1.29, 1.82) is 0 Å². The van der Waals surface area contributed by atoms with Crippen molar-refractivity contribution in [3.8, 4) is 0 Å². The monoisotopic (exact) mass is 353 g/mol. The standard InChI is InChI=1S/C16H27N5O2S/c1-4-12-9-19-16(24-12)21-7-5-20(6-8-21)13(22)10-18-15(23)14(17)11(2)3/h9,11,14H,4-8,10,17H2,1-3H3,(H,18,23)/t14-/m0/s1. The van der Waals surface area contributed by atoms with Gasteiger partial charge in [-0.1, -0.05) is 20.8 Å². The van der Waals surface area contributed by atoms with Gasteiger partial charge in [-0.3, -0.25) is 9.59 Å². The van der Waals surface area contributed by atoms with E-state index in [9.17, 15) is 9.59 Å². The molecule has 2 heterocycles. The zero-order valence-electron chi connectivity index (χ0n) is 14.6. The number of carbonyl (C=O) groups is 2. The highest BCUT2D eigenvalue weighted by Gasteiger charge is 2.24. The molecule has 0 spiro atoms. The average molecular weight is 353 g/mol. The van der Waals surface area contributed by atoms with E-state index in [1.807, 2.05) is 20.0 Å². The molecule has 0 unspecified atom stereocenters. The van der Waals surface area contributed by atoms with Crippen LogP contribution in [0.15, 0.2) is 6.20 Å². The quantitative estimate of drug-likeness (QED) is 0.775. The first-order chi connectivity index (χ1) is 11.4. The van der Waals surface area contributed by atoms with E-state index in [0.717, 1.165) is 24.6 Å². The van der Waals surface area contributed by atoms with Gasteiger partial charge in [0, 0.05) is 37.3 Å². The maximum atomic E-state index is 12.2. The summed E-state index contributed by atoms with van der Waals surface area (Å²) < 4.78 is 0. The molecule has 1 aliphatic rings. The fourth-order valence-corrected chi connectivity index (χ4v) is 3.35. The van der Waals surface area contributed by atoms with Crippen LogP contribution in [0.5, 0.6) is 0 Å². The Balaban J connectivity index is 1.77. The molecular weight excluding hydrogens is 326 g/mol. The van der Waals surface area contributed by atoms with E-state index in [1.165, 1.54) is 4.88 Å². The Kier molecular flexibility index (Phi) is 6.56. The second-order valence-electron chi connectivity index (χ2n) is 6.32. The molecule has 0 aliphatic carbocycles. The normalized spacial score (nSPS) is 16.4. The average Bonchev–Trinajstić information content (AvgIpc) is 3.07. The molecule has 1 aromatic heterocycles. The van der Waals surface area contributed by atoms with Gasteiger partial charge in [0.25, 0.3) is 0 Å². The smallest absolute Gasteiger partial charge is 0.242 e.